The van der Waals surface area contributed by atoms with Crippen molar-refractivity contribution in [1.82, 2.24) is 20.3 Å². The van der Waals surface area contributed by atoms with Crippen LogP contribution in [0, 0.1) is 18.6 Å². The van der Waals surface area contributed by atoms with E-state index in [-0.39, 0.29) is 18.7 Å². The Bertz CT molecular complexity index is 1090. The van der Waals surface area contributed by atoms with Gasteiger partial charge >= 0.3 is 12.1 Å². The molecule has 1 fully saturated rings. The van der Waals surface area contributed by atoms with Crippen LogP contribution in [0.15, 0.2) is 21.2 Å². The Morgan fingerprint density at radius 2 is 1.86 bits per heavy atom. The minimum Gasteiger partial charge on any atom is -0.337 e. The van der Waals surface area contributed by atoms with Crippen molar-refractivity contribution in [2.75, 3.05) is 4.90 Å². The first-order chi connectivity index (χ1) is 13.7. The molecule has 1 saturated heterocycles. The lowest BCUT2D eigenvalue weighted by molar-refractivity contribution is -0.159. The fourth-order valence-electron chi connectivity index (χ4n) is 3.01. The highest BCUT2D eigenvalue weighted by atomic mass is 19.4. The number of anilines is 1. The molecule has 0 radical (unpaired) electrons. The Kier molecular flexibility index (Phi) is 4.31. The molecule has 4 rings (SSSR count). The molecule has 0 spiro atoms. The normalized spacial score (nSPS) is 17.4. The molecular formula is C16H10F5N5O3. The summed E-state index contributed by atoms with van der Waals surface area (Å²) in [6, 6.07) is 1.20. The number of carbonyl (C=O) groups is 1. The van der Waals surface area contributed by atoms with Crippen molar-refractivity contribution in [2.45, 2.75) is 32.0 Å². The first kappa shape index (κ1) is 19.0. The van der Waals surface area contributed by atoms with E-state index in [0.29, 0.717) is 5.82 Å². The predicted octanol–water partition coefficient (Wildman–Crippen LogP) is 3.59. The first-order valence-corrected chi connectivity index (χ1v) is 8.18. The van der Waals surface area contributed by atoms with Crippen LogP contribution in [0.5, 0.6) is 0 Å². The van der Waals surface area contributed by atoms with Crippen LogP contribution < -0.4 is 4.90 Å². The molecule has 3 heterocycles. The number of aromatic nitrogens is 4. The highest BCUT2D eigenvalue weighted by Gasteiger charge is 2.40. The van der Waals surface area contributed by atoms with E-state index in [9.17, 15) is 26.7 Å². The molecule has 3 aromatic rings. The van der Waals surface area contributed by atoms with Gasteiger partial charge in [0, 0.05) is 6.42 Å². The standard InChI is InChI=1S/C16H10F5N5O3/c1-6-22-14(28-24-6)9-4-5-10(27)26(9)8-3-2-7(11(17)12(8)18)13-23-15(29-25-13)16(19,20)21/h2-3,9H,4-5H2,1H3/t9-/m0/s1. The molecule has 152 valence electrons. The number of carbonyl (C=O) groups excluding carboxylic acids is 1. The second-order valence-electron chi connectivity index (χ2n) is 6.18. The Labute approximate surface area is 158 Å². The molecular weight excluding hydrogens is 405 g/mol. The molecule has 13 heteroatoms. The van der Waals surface area contributed by atoms with Gasteiger partial charge in [0.1, 0.15) is 6.04 Å². The van der Waals surface area contributed by atoms with Gasteiger partial charge < -0.3 is 9.05 Å². The van der Waals surface area contributed by atoms with Crippen molar-refractivity contribution in [1.29, 1.82) is 0 Å². The topological polar surface area (TPSA) is 98.2 Å². The van der Waals surface area contributed by atoms with Gasteiger partial charge in [-0.15, -0.1) is 0 Å². The summed E-state index contributed by atoms with van der Waals surface area (Å²) >= 11 is 0. The van der Waals surface area contributed by atoms with Crippen LogP contribution in [0.1, 0.15) is 36.5 Å². The molecule has 1 aliphatic rings. The minimum absolute atomic E-state index is 0.0364. The van der Waals surface area contributed by atoms with E-state index in [1.807, 2.05) is 0 Å². The molecule has 8 nitrogen and oxygen atoms in total. The number of alkyl halides is 3. The summed E-state index contributed by atoms with van der Waals surface area (Å²) in [4.78, 5) is 20.3. The van der Waals surface area contributed by atoms with Crippen LogP contribution in [-0.2, 0) is 11.0 Å². The van der Waals surface area contributed by atoms with E-state index in [4.69, 9.17) is 4.52 Å². The third-order valence-electron chi connectivity index (χ3n) is 4.27. The highest BCUT2D eigenvalue weighted by Crippen LogP contribution is 2.39. The van der Waals surface area contributed by atoms with Crippen molar-refractivity contribution < 1.29 is 35.8 Å². The lowest BCUT2D eigenvalue weighted by atomic mass is 10.1. The maximum Gasteiger partial charge on any atom is 0.471 e. The van der Waals surface area contributed by atoms with Gasteiger partial charge in [0.05, 0.1) is 11.3 Å². The molecule has 0 N–H and O–H groups in total. The average Bonchev–Trinajstić information content (AvgIpc) is 3.37. The van der Waals surface area contributed by atoms with Gasteiger partial charge in [-0.25, -0.2) is 8.78 Å². The summed E-state index contributed by atoms with van der Waals surface area (Å²) in [5.74, 6) is -5.61. The Morgan fingerprint density at radius 1 is 1.10 bits per heavy atom. The fourth-order valence-corrected chi connectivity index (χ4v) is 3.01. The smallest absolute Gasteiger partial charge is 0.337 e. The van der Waals surface area contributed by atoms with Crippen LogP contribution in [0.4, 0.5) is 27.6 Å². The second kappa shape index (κ2) is 6.60. The van der Waals surface area contributed by atoms with E-state index in [2.05, 4.69) is 24.8 Å². The lowest BCUT2D eigenvalue weighted by Gasteiger charge is -2.23. The number of halogens is 5. The third-order valence-corrected chi connectivity index (χ3v) is 4.27. The van der Waals surface area contributed by atoms with Gasteiger partial charge in [-0.3, -0.25) is 9.69 Å². The molecule has 0 aliphatic carbocycles. The highest BCUT2D eigenvalue weighted by molar-refractivity contribution is 5.96. The average molecular weight is 415 g/mol. The van der Waals surface area contributed by atoms with Gasteiger partial charge in [-0.1, -0.05) is 10.3 Å². The van der Waals surface area contributed by atoms with Crippen molar-refractivity contribution in [3.8, 4) is 11.4 Å². The number of hydrogen-bond donors (Lipinski definition) is 0. The molecule has 1 atom stereocenters. The Morgan fingerprint density at radius 3 is 2.48 bits per heavy atom. The summed E-state index contributed by atoms with van der Waals surface area (Å²) < 4.78 is 76.2. The Hall–Kier alpha value is -3.38. The van der Waals surface area contributed by atoms with Crippen LogP contribution in [0.25, 0.3) is 11.4 Å². The fraction of sp³-hybridized carbons (Fsp3) is 0.312. The number of amides is 1. The SMILES string of the molecule is Cc1noc([C@@H]2CCC(=O)N2c2ccc(-c3noc(C(F)(F)F)n3)c(F)c2F)n1. The van der Waals surface area contributed by atoms with Crippen molar-refractivity contribution in [2.24, 2.45) is 0 Å². The predicted molar refractivity (Wildman–Crippen MR) is 83.1 cm³/mol. The van der Waals surface area contributed by atoms with Crippen molar-refractivity contribution >= 4 is 11.6 Å². The number of aryl methyl sites for hydroxylation is 1. The molecule has 2 aromatic heterocycles. The summed E-state index contributed by atoms with van der Waals surface area (Å²) in [5.41, 5.74) is -1.07. The number of nitrogens with zero attached hydrogens (tertiary/aromatic N) is 5. The van der Waals surface area contributed by atoms with E-state index >= 15 is 0 Å². The summed E-state index contributed by atoms with van der Waals surface area (Å²) in [7, 11) is 0. The maximum atomic E-state index is 14.8. The molecule has 1 amide bonds. The van der Waals surface area contributed by atoms with Gasteiger partial charge in [0.25, 0.3) is 0 Å². The molecule has 1 aliphatic heterocycles. The van der Waals surface area contributed by atoms with Gasteiger partial charge in [0.2, 0.25) is 17.6 Å². The van der Waals surface area contributed by atoms with Gasteiger partial charge in [0.15, 0.2) is 17.5 Å². The van der Waals surface area contributed by atoms with Crippen molar-refractivity contribution in [3.05, 3.63) is 41.4 Å². The Balaban J connectivity index is 1.73. The second-order valence-corrected chi connectivity index (χ2v) is 6.18. The molecule has 0 saturated carbocycles. The molecule has 1 aromatic carbocycles. The van der Waals surface area contributed by atoms with E-state index in [1.165, 1.54) is 0 Å². The lowest BCUT2D eigenvalue weighted by Crippen LogP contribution is -2.28. The number of hydrogen-bond acceptors (Lipinski definition) is 7. The third kappa shape index (κ3) is 3.21. The maximum absolute atomic E-state index is 14.8. The number of benzene rings is 1. The largest absolute Gasteiger partial charge is 0.471 e. The van der Waals surface area contributed by atoms with Crippen LogP contribution in [0.2, 0.25) is 0 Å². The monoisotopic (exact) mass is 415 g/mol. The van der Waals surface area contributed by atoms with E-state index < -0.39 is 52.7 Å². The van der Waals surface area contributed by atoms with Crippen LogP contribution in [-0.4, -0.2) is 26.2 Å². The zero-order valence-corrected chi connectivity index (χ0v) is 14.5. The van der Waals surface area contributed by atoms with Crippen LogP contribution in [0.3, 0.4) is 0 Å². The first-order valence-electron chi connectivity index (χ1n) is 8.18. The van der Waals surface area contributed by atoms with Gasteiger partial charge in [-0.05, 0) is 25.5 Å². The summed E-state index contributed by atoms with van der Waals surface area (Å²) in [6.45, 7) is 1.56. The van der Waals surface area contributed by atoms with E-state index in [0.717, 1.165) is 17.0 Å². The molecule has 29 heavy (non-hydrogen) atoms. The number of rotatable bonds is 3. The molecule has 0 bridgehead atoms. The quantitative estimate of drug-likeness (QED) is 0.603. The zero-order chi connectivity index (χ0) is 20.9. The zero-order valence-electron chi connectivity index (χ0n) is 14.5. The summed E-state index contributed by atoms with van der Waals surface area (Å²) in [6.07, 6.45) is -4.66. The minimum atomic E-state index is -4.93. The summed E-state index contributed by atoms with van der Waals surface area (Å²) in [5, 5.41) is 6.66. The van der Waals surface area contributed by atoms with Gasteiger partial charge in [-0.2, -0.15) is 23.1 Å². The van der Waals surface area contributed by atoms with Crippen LogP contribution >= 0.6 is 0 Å². The van der Waals surface area contributed by atoms with E-state index in [1.54, 1.807) is 6.92 Å². The molecule has 0 unspecified atom stereocenters. The van der Waals surface area contributed by atoms with Crippen molar-refractivity contribution in [3.63, 3.8) is 0 Å².